The van der Waals surface area contributed by atoms with Gasteiger partial charge in [-0.2, -0.15) is 0 Å². The third kappa shape index (κ3) is 4.67. The minimum atomic E-state index is -3.86. The van der Waals surface area contributed by atoms with Gasteiger partial charge in [-0.3, -0.25) is 9.10 Å². The number of likely N-dealkylation sites (tertiary alicyclic amines) is 1. The topological polar surface area (TPSA) is 66.9 Å². The molecule has 0 aliphatic carbocycles. The molecule has 0 aromatic heterocycles. The van der Waals surface area contributed by atoms with Gasteiger partial charge in [-0.1, -0.05) is 24.4 Å². The first-order chi connectivity index (χ1) is 13.8. The summed E-state index contributed by atoms with van der Waals surface area (Å²) >= 11 is 6.26. The predicted octanol–water partition coefficient (Wildman–Crippen LogP) is 4.19. The molecule has 6 nitrogen and oxygen atoms in total. The Labute approximate surface area is 177 Å². The lowest BCUT2D eigenvalue weighted by Gasteiger charge is -2.23. The second-order valence-electron chi connectivity index (χ2n) is 7.02. The smallest absolute Gasteiger partial charge is 0.264 e. The number of methoxy groups -OCH3 is 1. The first-order valence-electron chi connectivity index (χ1n) is 9.56. The Morgan fingerprint density at radius 3 is 2.24 bits per heavy atom. The van der Waals surface area contributed by atoms with E-state index in [2.05, 4.69) is 0 Å². The molecule has 3 rings (SSSR count). The zero-order valence-electron chi connectivity index (χ0n) is 16.6. The maximum absolute atomic E-state index is 13.1. The van der Waals surface area contributed by atoms with Gasteiger partial charge in [0.1, 0.15) is 5.75 Å². The summed E-state index contributed by atoms with van der Waals surface area (Å²) in [7, 11) is -0.837. The number of sulfonamides is 1. The minimum Gasteiger partial charge on any atom is -0.497 e. The molecule has 1 fully saturated rings. The molecule has 29 heavy (non-hydrogen) atoms. The molecule has 0 spiro atoms. The average Bonchev–Trinajstić information content (AvgIpc) is 3.02. The van der Waals surface area contributed by atoms with Crippen LogP contribution >= 0.6 is 11.6 Å². The number of benzene rings is 2. The number of hydrogen-bond acceptors (Lipinski definition) is 4. The Morgan fingerprint density at radius 1 is 1.03 bits per heavy atom. The molecule has 0 saturated carbocycles. The van der Waals surface area contributed by atoms with Crippen LogP contribution < -0.4 is 9.04 Å². The first-order valence-corrected chi connectivity index (χ1v) is 11.4. The van der Waals surface area contributed by atoms with E-state index in [1.54, 1.807) is 36.3 Å². The van der Waals surface area contributed by atoms with Gasteiger partial charge < -0.3 is 9.64 Å². The van der Waals surface area contributed by atoms with Crippen LogP contribution in [0.3, 0.4) is 0 Å². The number of hydrogen-bond donors (Lipinski definition) is 0. The number of nitrogens with zero attached hydrogens (tertiary/aromatic N) is 2. The lowest BCUT2D eigenvalue weighted by molar-refractivity contribution is 0.0761. The Morgan fingerprint density at radius 2 is 1.66 bits per heavy atom. The van der Waals surface area contributed by atoms with Gasteiger partial charge in [0.15, 0.2) is 0 Å². The Bertz CT molecular complexity index is 969. The minimum absolute atomic E-state index is 0.0263. The Hall–Kier alpha value is -2.25. The predicted molar refractivity (Wildman–Crippen MR) is 114 cm³/mol. The average molecular weight is 437 g/mol. The maximum atomic E-state index is 13.1. The largest absolute Gasteiger partial charge is 0.497 e. The molecule has 1 aliphatic rings. The fraction of sp³-hybridized carbons (Fsp3) is 0.381. The molecule has 1 heterocycles. The van der Waals surface area contributed by atoms with Gasteiger partial charge in [-0.25, -0.2) is 8.42 Å². The number of ether oxygens (including phenoxy) is 1. The van der Waals surface area contributed by atoms with Crippen molar-refractivity contribution in [2.75, 3.05) is 31.6 Å². The number of anilines is 1. The van der Waals surface area contributed by atoms with E-state index in [0.29, 0.717) is 24.5 Å². The van der Waals surface area contributed by atoms with Crippen LogP contribution in [0.4, 0.5) is 5.69 Å². The summed E-state index contributed by atoms with van der Waals surface area (Å²) in [5.41, 5.74) is 0.707. The van der Waals surface area contributed by atoms with Crippen molar-refractivity contribution in [3.63, 3.8) is 0 Å². The molecule has 8 heteroatoms. The molecule has 0 radical (unpaired) electrons. The van der Waals surface area contributed by atoms with Gasteiger partial charge in [-0.15, -0.1) is 0 Å². The van der Waals surface area contributed by atoms with Crippen molar-refractivity contribution in [2.24, 2.45) is 0 Å². The van der Waals surface area contributed by atoms with Crippen molar-refractivity contribution >= 4 is 33.2 Å². The van der Waals surface area contributed by atoms with E-state index in [1.807, 2.05) is 0 Å². The van der Waals surface area contributed by atoms with E-state index >= 15 is 0 Å². The SMILES string of the molecule is COc1ccc(N(C)S(=O)(=O)c2ccc(Cl)c(C(=O)N3CCCCCC3)c2)cc1. The summed E-state index contributed by atoms with van der Waals surface area (Å²) < 4.78 is 32.6. The zero-order valence-corrected chi connectivity index (χ0v) is 18.2. The van der Waals surface area contributed by atoms with E-state index in [1.165, 1.54) is 29.6 Å². The lowest BCUT2D eigenvalue weighted by atomic mass is 10.2. The molecular weight excluding hydrogens is 412 g/mol. The van der Waals surface area contributed by atoms with Crippen LogP contribution in [0, 0.1) is 0 Å². The van der Waals surface area contributed by atoms with Crippen molar-refractivity contribution in [1.29, 1.82) is 0 Å². The van der Waals surface area contributed by atoms with Crippen LogP contribution in [0.25, 0.3) is 0 Å². The van der Waals surface area contributed by atoms with Crippen molar-refractivity contribution in [1.82, 2.24) is 4.90 Å². The van der Waals surface area contributed by atoms with Crippen LogP contribution in [0.1, 0.15) is 36.0 Å². The van der Waals surface area contributed by atoms with Crippen LogP contribution in [0.15, 0.2) is 47.4 Å². The molecular formula is C21H25ClN2O4S. The Kier molecular flexibility index (Phi) is 6.70. The van der Waals surface area contributed by atoms with E-state index in [9.17, 15) is 13.2 Å². The number of halogens is 1. The summed E-state index contributed by atoms with van der Waals surface area (Å²) in [6.45, 7) is 1.33. The highest BCUT2D eigenvalue weighted by atomic mass is 35.5. The summed E-state index contributed by atoms with van der Waals surface area (Å²) in [5, 5.41) is 0.255. The molecule has 0 N–H and O–H groups in total. The molecule has 0 atom stereocenters. The van der Waals surface area contributed by atoms with Crippen LogP contribution in [0.5, 0.6) is 5.75 Å². The zero-order chi connectivity index (χ0) is 21.0. The molecule has 0 bridgehead atoms. The highest BCUT2D eigenvalue weighted by Crippen LogP contribution is 2.28. The quantitative estimate of drug-likeness (QED) is 0.704. The van der Waals surface area contributed by atoms with E-state index < -0.39 is 10.0 Å². The van der Waals surface area contributed by atoms with E-state index in [4.69, 9.17) is 16.3 Å². The van der Waals surface area contributed by atoms with Crippen molar-refractivity contribution in [2.45, 2.75) is 30.6 Å². The summed E-state index contributed by atoms with van der Waals surface area (Å²) in [4.78, 5) is 14.8. The fourth-order valence-electron chi connectivity index (χ4n) is 3.36. The fourth-order valence-corrected chi connectivity index (χ4v) is 4.78. The third-order valence-corrected chi connectivity index (χ3v) is 7.27. The highest BCUT2D eigenvalue weighted by molar-refractivity contribution is 7.92. The monoisotopic (exact) mass is 436 g/mol. The number of carbonyl (C=O) groups excluding carboxylic acids is 1. The van der Waals surface area contributed by atoms with Crippen LogP contribution in [-0.2, 0) is 10.0 Å². The first kappa shape index (κ1) is 21.5. The van der Waals surface area contributed by atoms with Crippen LogP contribution in [0.2, 0.25) is 5.02 Å². The number of carbonyl (C=O) groups is 1. The summed E-state index contributed by atoms with van der Waals surface area (Å²) in [6.07, 6.45) is 4.08. The second-order valence-corrected chi connectivity index (χ2v) is 9.40. The molecule has 156 valence electrons. The molecule has 2 aromatic rings. The standard InChI is InChI=1S/C21H25ClN2O4S/c1-23(16-7-9-17(28-2)10-8-16)29(26,27)18-11-12-20(22)19(15-18)21(25)24-13-5-3-4-6-14-24/h7-12,15H,3-6,13-14H2,1-2H3. The van der Waals surface area contributed by atoms with Crippen LogP contribution in [-0.4, -0.2) is 46.5 Å². The van der Waals surface area contributed by atoms with Gasteiger partial charge in [-0.05, 0) is 55.3 Å². The van der Waals surface area contributed by atoms with Gasteiger partial charge >= 0.3 is 0 Å². The van der Waals surface area contributed by atoms with Gasteiger partial charge in [0, 0.05) is 20.1 Å². The summed E-state index contributed by atoms with van der Waals surface area (Å²) in [5.74, 6) is 0.414. The highest BCUT2D eigenvalue weighted by Gasteiger charge is 2.26. The summed E-state index contributed by atoms with van der Waals surface area (Å²) in [6, 6.07) is 11.0. The van der Waals surface area contributed by atoms with Gasteiger partial charge in [0.2, 0.25) is 0 Å². The number of rotatable bonds is 5. The van der Waals surface area contributed by atoms with Crippen molar-refractivity contribution in [3.8, 4) is 5.75 Å². The lowest BCUT2D eigenvalue weighted by Crippen LogP contribution is -2.32. The van der Waals surface area contributed by atoms with Gasteiger partial charge in [0.25, 0.3) is 15.9 Å². The van der Waals surface area contributed by atoms with Crippen molar-refractivity contribution in [3.05, 3.63) is 53.1 Å². The molecule has 0 unspecified atom stereocenters. The third-order valence-electron chi connectivity index (χ3n) is 5.16. The maximum Gasteiger partial charge on any atom is 0.264 e. The second kappa shape index (κ2) is 9.05. The molecule has 1 aliphatic heterocycles. The molecule has 1 amide bonds. The van der Waals surface area contributed by atoms with E-state index in [0.717, 1.165) is 25.7 Å². The number of amides is 1. The van der Waals surface area contributed by atoms with E-state index in [-0.39, 0.29) is 21.4 Å². The van der Waals surface area contributed by atoms with Crippen molar-refractivity contribution < 1.29 is 17.9 Å². The normalized spacial score (nSPS) is 14.9. The molecule has 2 aromatic carbocycles. The Balaban J connectivity index is 1.91. The van der Waals surface area contributed by atoms with Gasteiger partial charge in [0.05, 0.1) is 28.3 Å². The molecule has 1 saturated heterocycles.